The lowest BCUT2D eigenvalue weighted by molar-refractivity contribution is 0.0915. The van der Waals surface area contributed by atoms with Crippen molar-refractivity contribution >= 4 is 15.7 Å². The molecule has 0 spiro atoms. The third-order valence-corrected chi connectivity index (χ3v) is 9.83. The number of nitrogens with zero attached hydrogens (tertiary/aromatic N) is 2. The highest BCUT2D eigenvalue weighted by Gasteiger charge is 2.36. The lowest BCUT2D eigenvalue weighted by Gasteiger charge is -2.34. The van der Waals surface area contributed by atoms with E-state index in [1.165, 1.54) is 37.8 Å². The summed E-state index contributed by atoms with van der Waals surface area (Å²) < 4.78 is 24.2. The minimum Gasteiger partial charge on any atom is -0.394 e. The number of carbonyl (C=O) groups excluding carboxylic acids is 1. The molecule has 0 bridgehead atoms. The van der Waals surface area contributed by atoms with E-state index >= 15 is 0 Å². The predicted molar refractivity (Wildman–Crippen MR) is 145 cm³/mol. The van der Waals surface area contributed by atoms with Gasteiger partial charge in [-0.1, -0.05) is 52.7 Å². The number of carbonyl (C=O) groups is 1. The number of fused-ring (bicyclic) bond motifs is 1. The van der Waals surface area contributed by atoms with Gasteiger partial charge in [0.05, 0.1) is 40.6 Å². The first-order chi connectivity index (χ1) is 17.6. The van der Waals surface area contributed by atoms with E-state index in [-0.39, 0.29) is 29.2 Å². The number of aliphatic hydroxyl groups excluding tert-OH is 1. The van der Waals surface area contributed by atoms with Gasteiger partial charge in [0.2, 0.25) is 0 Å². The fourth-order valence-electron chi connectivity index (χ4n) is 5.84. The van der Waals surface area contributed by atoms with Crippen molar-refractivity contribution in [3.8, 4) is 0 Å². The van der Waals surface area contributed by atoms with E-state index in [0.717, 1.165) is 36.2 Å². The van der Waals surface area contributed by atoms with E-state index in [4.69, 9.17) is 4.98 Å². The van der Waals surface area contributed by atoms with Crippen molar-refractivity contribution in [2.45, 2.75) is 76.9 Å². The Morgan fingerprint density at radius 1 is 1.16 bits per heavy atom. The Bertz CT molecular complexity index is 1190. The minimum absolute atomic E-state index is 0.0206. The zero-order valence-corrected chi connectivity index (χ0v) is 23.3. The summed E-state index contributed by atoms with van der Waals surface area (Å²) in [6, 6.07) is 7.88. The van der Waals surface area contributed by atoms with Crippen LogP contribution in [-0.2, 0) is 16.4 Å². The number of nitrogens with one attached hydrogen (secondary N) is 1. The average molecular weight is 528 g/mol. The fourth-order valence-corrected chi connectivity index (χ4v) is 6.72. The van der Waals surface area contributed by atoms with Crippen LogP contribution in [0.25, 0.3) is 0 Å². The van der Waals surface area contributed by atoms with Gasteiger partial charge in [-0.3, -0.25) is 14.7 Å². The van der Waals surface area contributed by atoms with Crippen LogP contribution < -0.4 is 5.32 Å². The quantitative estimate of drug-likeness (QED) is 0.491. The van der Waals surface area contributed by atoms with Gasteiger partial charge in [-0.2, -0.15) is 0 Å². The van der Waals surface area contributed by atoms with Crippen LogP contribution in [0.5, 0.6) is 0 Å². The Hall–Kier alpha value is -2.29. The van der Waals surface area contributed by atoms with E-state index in [9.17, 15) is 18.3 Å². The number of aliphatic hydroxyl groups is 1. The first-order valence-corrected chi connectivity index (χ1v) is 15.3. The van der Waals surface area contributed by atoms with Gasteiger partial charge in [0, 0.05) is 19.3 Å². The number of sulfone groups is 1. The van der Waals surface area contributed by atoms with Crippen molar-refractivity contribution in [2.75, 3.05) is 18.9 Å². The summed E-state index contributed by atoms with van der Waals surface area (Å²) in [5.74, 6) is 1.70. The van der Waals surface area contributed by atoms with Crippen LogP contribution in [0.15, 0.2) is 41.4 Å². The number of hydrogen-bond donors (Lipinski definition) is 2. The second kappa shape index (κ2) is 11.6. The summed E-state index contributed by atoms with van der Waals surface area (Å²) in [5.41, 5.74) is 3.29. The lowest BCUT2D eigenvalue weighted by atomic mass is 9.82. The van der Waals surface area contributed by atoms with E-state index in [0.29, 0.717) is 17.0 Å². The zero-order valence-electron chi connectivity index (χ0n) is 22.5. The summed E-state index contributed by atoms with van der Waals surface area (Å²) >= 11 is 0. The van der Waals surface area contributed by atoms with Crippen LogP contribution in [0, 0.1) is 17.8 Å². The molecule has 7 nitrogen and oxygen atoms in total. The van der Waals surface area contributed by atoms with Crippen molar-refractivity contribution in [1.82, 2.24) is 15.2 Å². The molecule has 8 heteroatoms. The number of aromatic nitrogens is 1. The van der Waals surface area contributed by atoms with Gasteiger partial charge in [0.1, 0.15) is 0 Å². The Balaban J connectivity index is 1.47. The summed E-state index contributed by atoms with van der Waals surface area (Å²) in [5, 5.41) is 12.8. The molecule has 1 aliphatic heterocycles. The van der Waals surface area contributed by atoms with Gasteiger partial charge in [0.25, 0.3) is 5.91 Å². The number of benzene rings is 1. The topological polar surface area (TPSA) is 99.6 Å². The van der Waals surface area contributed by atoms with Crippen LogP contribution in [-0.4, -0.2) is 48.2 Å². The molecular formula is C29H41N3O4S. The molecule has 4 rings (SSSR count). The number of hydrogen-bond acceptors (Lipinski definition) is 6. The first-order valence-electron chi connectivity index (χ1n) is 13.6. The molecule has 2 aromatic rings. The predicted octanol–water partition coefficient (Wildman–Crippen LogP) is 4.68. The van der Waals surface area contributed by atoms with E-state index in [1.54, 1.807) is 25.3 Å². The second-order valence-electron chi connectivity index (χ2n) is 11.2. The highest BCUT2D eigenvalue weighted by atomic mass is 32.2. The van der Waals surface area contributed by atoms with Gasteiger partial charge in [0.15, 0.2) is 9.84 Å². The molecule has 0 unspecified atom stereocenters. The Morgan fingerprint density at radius 3 is 2.43 bits per heavy atom. The van der Waals surface area contributed by atoms with Crippen molar-refractivity contribution < 1.29 is 18.3 Å². The molecule has 37 heavy (non-hydrogen) atoms. The van der Waals surface area contributed by atoms with Gasteiger partial charge in [-0.25, -0.2) is 8.42 Å². The van der Waals surface area contributed by atoms with Gasteiger partial charge in [-0.05, 0) is 59.9 Å². The molecule has 0 radical (unpaired) electrons. The smallest absolute Gasteiger partial charge is 0.253 e. The average Bonchev–Trinajstić information content (AvgIpc) is 3.25. The molecule has 1 aromatic carbocycles. The van der Waals surface area contributed by atoms with E-state index in [2.05, 4.69) is 31.0 Å². The standard InChI is InChI=1S/C29H41N3O4S/c1-5-37(35,36)25-12-10-22(11-13-25)26(18-33)31-29(34)23-14-24-17-32(16-21-8-6-20(4)7-9-21)28(19(2)3)27(24)30-15-23/h10-15,19-21,26,28,33H,5-9,16-18H2,1-4H3,(H,31,34)/t20-,21-,26-,28-/m0/s1. The molecule has 0 saturated heterocycles. The first kappa shape index (κ1) is 27.7. The maximum Gasteiger partial charge on any atom is 0.253 e. The van der Waals surface area contributed by atoms with Crippen LogP contribution in [0.4, 0.5) is 0 Å². The maximum atomic E-state index is 13.1. The van der Waals surface area contributed by atoms with Crippen LogP contribution in [0.3, 0.4) is 0 Å². The monoisotopic (exact) mass is 527 g/mol. The van der Waals surface area contributed by atoms with E-state index in [1.807, 2.05) is 6.07 Å². The van der Waals surface area contributed by atoms with Crippen molar-refractivity contribution in [3.05, 3.63) is 58.9 Å². The molecule has 2 heterocycles. The summed E-state index contributed by atoms with van der Waals surface area (Å²) in [7, 11) is -3.31. The maximum absolute atomic E-state index is 13.1. The molecule has 2 N–H and O–H groups in total. The Labute approximate surface area is 221 Å². The van der Waals surface area contributed by atoms with E-state index < -0.39 is 15.9 Å². The summed E-state index contributed by atoms with van der Waals surface area (Å²) in [4.78, 5) is 20.7. The van der Waals surface area contributed by atoms with Crippen molar-refractivity contribution in [3.63, 3.8) is 0 Å². The third kappa shape index (κ3) is 6.24. The fraction of sp³-hybridized carbons (Fsp3) is 0.586. The van der Waals surface area contributed by atoms with Crippen molar-refractivity contribution in [1.29, 1.82) is 0 Å². The third-order valence-electron chi connectivity index (χ3n) is 8.08. The molecule has 2 atom stereocenters. The van der Waals surface area contributed by atoms with Crippen LogP contribution in [0.2, 0.25) is 0 Å². The van der Waals surface area contributed by atoms with Crippen molar-refractivity contribution in [2.24, 2.45) is 17.8 Å². The molecule has 1 aliphatic carbocycles. The number of amides is 1. The molecule has 2 aliphatic rings. The second-order valence-corrected chi connectivity index (χ2v) is 13.5. The lowest BCUT2D eigenvalue weighted by Crippen LogP contribution is -2.32. The SMILES string of the molecule is CCS(=O)(=O)c1ccc([C@H](CO)NC(=O)c2cnc3c(c2)CN(C[C@H]2CC[C@H](C)CC2)[C@H]3C(C)C)cc1. The van der Waals surface area contributed by atoms with Gasteiger partial charge in [-0.15, -0.1) is 0 Å². The molecule has 1 aromatic heterocycles. The van der Waals surface area contributed by atoms with Crippen LogP contribution in [0.1, 0.15) is 92.6 Å². The molecule has 1 fully saturated rings. The molecule has 1 saturated carbocycles. The molecule has 1 amide bonds. The van der Waals surface area contributed by atoms with Gasteiger partial charge < -0.3 is 10.4 Å². The van der Waals surface area contributed by atoms with Crippen LogP contribution >= 0.6 is 0 Å². The Morgan fingerprint density at radius 2 is 1.84 bits per heavy atom. The number of pyridine rings is 1. The zero-order chi connectivity index (χ0) is 26.7. The summed E-state index contributed by atoms with van der Waals surface area (Å²) in [6.07, 6.45) is 6.83. The largest absolute Gasteiger partial charge is 0.394 e. The highest BCUT2D eigenvalue weighted by molar-refractivity contribution is 7.91. The highest BCUT2D eigenvalue weighted by Crippen LogP contribution is 2.40. The molecular weight excluding hydrogens is 486 g/mol. The molecule has 202 valence electrons. The minimum atomic E-state index is -3.31. The summed E-state index contributed by atoms with van der Waals surface area (Å²) in [6.45, 7) is 10.0. The number of rotatable bonds is 9. The van der Waals surface area contributed by atoms with Gasteiger partial charge >= 0.3 is 0 Å². The Kier molecular flexibility index (Phi) is 8.71. The normalized spacial score (nSPS) is 23.1.